The van der Waals surface area contributed by atoms with Crippen LogP contribution in [-0.4, -0.2) is 53.1 Å². The van der Waals surface area contributed by atoms with E-state index >= 15 is 0 Å². The van der Waals surface area contributed by atoms with Crippen molar-refractivity contribution in [3.8, 4) is 0 Å². The standard InChI is InChI=1S/C18H27N3O3/c1-9-8-21(5-4-14(9)23)18(24)17(19)16-13(20-7-10(2)22)6-12-11(3)15(12)16/h9,11-12,14-15,23H,4-8,19H2,1-3H3/b17-16+,20-13?/t9-,11-,12?,14+,15?/m1/s1. The summed E-state index contributed by atoms with van der Waals surface area (Å²) < 4.78 is 0. The maximum absolute atomic E-state index is 12.8. The van der Waals surface area contributed by atoms with Gasteiger partial charge in [0.25, 0.3) is 5.91 Å². The van der Waals surface area contributed by atoms with E-state index in [1.807, 2.05) is 6.92 Å². The molecule has 2 unspecified atom stereocenters. The number of aliphatic hydroxyl groups is 1. The highest BCUT2D eigenvalue weighted by Gasteiger charge is 2.56. The zero-order chi connectivity index (χ0) is 17.6. The molecule has 2 aliphatic carbocycles. The molecule has 132 valence electrons. The van der Waals surface area contributed by atoms with Gasteiger partial charge in [0.2, 0.25) is 0 Å². The molecule has 6 heteroatoms. The molecule has 3 aliphatic rings. The van der Waals surface area contributed by atoms with E-state index in [0.29, 0.717) is 37.3 Å². The smallest absolute Gasteiger partial charge is 0.270 e. The van der Waals surface area contributed by atoms with E-state index in [4.69, 9.17) is 5.73 Å². The first-order chi connectivity index (χ1) is 11.3. The van der Waals surface area contributed by atoms with Crippen LogP contribution in [0.1, 0.15) is 33.6 Å². The summed E-state index contributed by atoms with van der Waals surface area (Å²) in [5.74, 6) is 1.28. The molecule has 0 aromatic carbocycles. The zero-order valence-electron chi connectivity index (χ0n) is 14.7. The van der Waals surface area contributed by atoms with Gasteiger partial charge in [-0.1, -0.05) is 13.8 Å². The predicted octanol–water partition coefficient (Wildman–Crippen LogP) is 0.744. The molecule has 0 bridgehead atoms. The number of carbonyl (C=O) groups is 2. The fourth-order valence-corrected chi connectivity index (χ4v) is 4.16. The lowest BCUT2D eigenvalue weighted by atomic mass is 9.95. The van der Waals surface area contributed by atoms with Crippen LogP contribution in [-0.2, 0) is 9.59 Å². The lowest BCUT2D eigenvalue weighted by Crippen LogP contribution is -2.46. The van der Waals surface area contributed by atoms with E-state index in [-0.39, 0.29) is 36.0 Å². The van der Waals surface area contributed by atoms with Gasteiger partial charge in [0.1, 0.15) is 5.70 Å². The van der Waals surface area contributed by atoms with Gasteiger partial charge in [-0.3, -0.25) is 14.6 Å². The van der Waals surface area contributed by atoms with Crippen LogP contribution >= 0.6 is 0 Å². The molecule has 1 amide bonds. The van der Waals surface area contributed by atoms with Crippen LogP contribution in [0, 0.1) is 23.7 Å². The number of fused-ring (bicyclic) bond motifs is 1. The number of hydrogen-bond donors (Lipinski definition) is 2. The Balaban J connectivity index is 1.83. The van der Waals surface area contributed by atoms with Crippen molar-refractivity contribution in [2.24, 2.45) is 34.4 Å². The van der Waals surface area contributed by atoms with Gasteiger partial charge in [-0.15, -0.1) is 0 Å². The summed E-state index contributed by atoms with van der Waals surface area (Å²) in [6, 6.07) is 0. The lowest BCUT2D eigenvalue weighted by molar-refractivity contribution is -0.130. The summed E-state index contributed by atoms with van der Waals surface area (Å²) in [6.07, 6.45) is 1.05. The Bertz CT molecular complexity index is 625. The number of aliphatic imine (C=N–C) groups is 1. The number of Topliss-reactive ketones (excluding diaryl/α,β-unsaturated/α-hetero) is 1. The van der Waals surface area contributed by atoms with Gasteiger partial charge < -0.3 is 15.7 Å². The van der Waals surface area contributed by atoms with Crippen molar-refractivity contribution < 1.29 is 14.7 Å². The van der Waals surface area contributed by atoms with Crippen molar-refractivity contribution in [3.63, 3.8) is 0 Å². The first-order valence-electron chi connectivity index (χ1n) is 8.81. The number of amides is 1. The van der Waals surface area contributed by atoms with Crippen molar-refractivity contribution in [1.29, 1.82) is 0 Å². The number of allylic oxidation sites excluding steroid dienone is 1. The maximum atomic E-state index is 12.8. The first-order valence-corrected chi connectivity index (χ1v) is 8.81. The van der Waals surface area contributed by atoms with Crippen LogP contribution in [0.3, 0.4) is 0 Å². The Morgan fingerprint density at radius 1 is 1.38 bits per heavy atom. The third-order valence-corrected chi connectivity index (χ3v) is 5.80. The van der Waals surface area contributed by atoms with Gasteiger partial charge in [-0.2, -0.15) is 0 Å². The van der Waals surface area contributed by atoms with E-state index in [1.54, 1.807) is 4.90 Å². The second-order valence-electron chi connectivity index (χ2n) is 7.63. The number of hydrogen-bond acceptors (Lipinski definition) is 5. The lowest BCUT2D eigenvalue weighted by Gasteiger charge is -2.34. The van der Waals surface area contributed by atoms with Gasteiger partial charge in [0.05, 0.1) is 12.6 Å². The van der Waals surface area contributed by atoms with Crippen LogP contribution in [0.5, 0.6) is 0 Å². The van der Waals surface area contributed by atoms with E-state index in [0.717, 1.165) is 17.7 Å². The normalized spacial score (nSPS) is 38.9. The SMILES string of the molecule is CC(=O)CN=C1CC2C(/C1=C(/N)C(=O)N1CC[C@H](O)[C@H](C)C1)[C@@H]2C. The molecule has 3 fully saturated rings. The molecule has 2 saturated carbocycles. The molecule has 1 saturated heterocycles. The van der Waals surface area contributed by atoms with Crippen molar-refractivity contribution in [1.82, 2.24) is 4.90 Å². The Morgan fingerprint density at radius 2 is 2.08 bits per heavy atom. The molecular weight excluding hydrogens is 306 g/mol. The molecule has 1 heterocycles. The Kier molecular flexibility index (Phi) is 4.51. The summed E-state index contributed by atoms with van der Waals surface area (Å²) in [5.41, 5.74) is 8.27. The molecule has 0 aromatic rings. The molecule has 0 aromatic heterocycles. The van der Waals surface area contributed by atoms with Crippen molar-refractivity contribution in [2.75, 3.05) is 19.6 Å². The highest BCUT2D eigenvalue weighted by Crippen LogP contribution is 2.59. The highest BCUT2D eigenvalue weighted by atomic mass is 16.3. The molecule has 1 aliphatic heterocycles. The van der Waals surface area contributed by atoms with Crippen molar-refractivity contribution in [2.45, 2.75) is 39.7 Å². The molecule has 0 radical (unpaired) electrons. The Morgan fingerprint density at radius 3 is 2.71 bits per heavy atom. The maximum Gasteiger partial charge on any atom is 0.270 e. The molecule has 3 rings (SSSR count). The minimum Gasteiger partial charge on any atom is -0.394 e. The van der Waals surface area contributed by atoms with Crippen LogP contribution in [0.15, 0.2) is 16.3 Å². The third-order valence-electron chi connectivity index (χ3n) is 5.80. The molecule has 24 heavy (non-hydrogen) atoms. The summed E-state index contributed by atoms with van der Waals surface area (Å²) in [4.78, 5) is 30.2. The topological polar surface area (TPSA) is 96.0 Å². The molecule has 6 nitrogen and oxygen atoms in total. The number of rotatable bonds is 3. The number of carbonyl (C=O) groups excluding carboxylic acids is 2. The van der Waals surface area contributed by atoms with E-state index in [2.05, 4.69) is 11.9 Å². The van der Waals surface area contributed by atoms with E-state index in [9.17, 15) is 14.7 Å². The largest absolute Gasteiger partial charge is 0.394 e. The number of nitrogens with zero attached hydrogens (tertiary/aromatic N) is 2. The summed E-state index contributed by atoms with van der Waals surface area (Å²) in [6.45, 7) is 6.84. The number of nitrogens with two attached hydrogens (primary N) is 1. The van der Waals surface area contributed by atoms with Crippen LogP contribution < -0.4 is 5.73 Å². The minimum absolute atomic E-state index is 0.0132. The fourth-order valence-electron chi connectivity index (χ4n) is 4.16. The monoisotopic (exact) mass is 333 g/mol. The predicted molar refractivity (Wildman–Crippen MR) is 91.3 cm³/mol. The number of likely N-dealkylation sites (tertiary alicyclic amines) is 1. The molecule has 3 N–H and O–H groups in total. The zero-order valence-corrected chi connectivity index (χ0v) is 14.7. The third kappa shape index (κ3) is 2.99. The second kappa shape index (κ2) is 6.31. The quantitative estimate of drug-likeness (QED) is 0.745. The van der Waals surface area contributed by atoms with Crippen LogP contribution in [0.25, 0.3) is 0 Å². The Hall–Kier alpha value is -1.69. The van der Waals surface area contributed by atoms with Crippen molar-refractivity contribution in [3.05, 3.63) is 11.3 Å². The minimum atomic E-state index is -0.352. The number of piperidine rings is 1. The number of aliphatic hydroxyl groups excluding tert-OH is 1. The summed E-state index contributed by atoms with van der Waals surface area (Å²) in [5, 5.41) is 9.84. The second-order valence-corrected chi connectivity index (χ2v) is 7.63. The van der Waals surface area contributed by atoms with Crippen molar-refractivity contribution >= 4 is 17.4 Å². The van der Waals surface area contributed by atoms with Gasteiger partial charge in [0.15, 0.2) is 5.78 Å². The molecular formula is C18H27N3O3. The van der Waals surface area contributed by atoms with E-state index in [1.165, 1.54) is 6.92 Å². The number of ketones is 1. The average molecular weight is 333 g/mol. The summed E-state index contributed by atoms with van der Waals surface area (Å²) >= 11 is 0. The van der Waals surface area contributed by atoms with E-state index < -0.39 is 0 Å². The average Bonchev–Trinajstić information content (AvgIpc) is 2.99. The van der Waals surface area contributed by atoms with Gasteiger partial charge in [0, 0.05) is 24.4 Å². The Labute approximate surface area is 142 Å². The van der Waals surface area contributed by atoms with Gasteiger partial charge >= 0.3 is 0 Å². The van der Waals surface area contributed by atoms with Crippen LogP contribution in [0.2, 0.25) is 0 Å². The highest BCUT2D eigenvalue weighted by molar-refractivity contribution is 6.11. The van der Waals surface area contributed by atoms with Crippen LogP contribution in [0.4, 0.5) is 0 Å². The fraction of sp³-hybridized carbons (Fsp3) is 0.722. The molecule has 5 atom stereocenters. The first kappa shape index (κ1) is 17.1. The van der Waals surface area contributed by atoms with Gasteiger partial charge in [-0.05, 0) is 43.4 Å². The van der Waals surface area contributed by atoms with Gasteiger partial charge in [-0.25, -0.2) is 0 Å². The molecule has 0 spiro atoms. The summed E-state index contributed by atoms with van der Waals surface area (Å²) in [7, 11) is 0.